The molecule has 0 aliphatic carbocycles. The molecule has 0 aromatic carbocycles. The number of rotatable bonds is 3. The fourth-order valence-corrected chi connectivity index (χ4v) is 2.09. The fraction of sp³-hybridized carbons (Fsp3) is 0.231. The predicted molar refractivity (Wildman–Crippen MR) is 75.7 cm³/mol. The third kappa shape index (κ3) is 2.27. The van der Waals surface area contributed by atoms with Gasteiger partial charge in [-0.25, -0.2) is 4.98 Å². The number of pyridine rings is 1. The molecule has 0 radical (unpaired) electrons. The van der Waals surface area contributed by atoms with Gasteiger partial charge in [-0.15, -0.1) is 0 Å². The van der Waals surface area contributed by atoms with E-state index in [2.05, 4.69) is 20.2 Å². The van der Waals surface area contributed by atoms with Crippen LogP contribution in [0.1, 0.15) is 17.3 Å². The Hall–Kier alpha value is -2.28. The van der Waals surface area contributed by atoms with Crippen molar-refractivity contribution in [3.63, 3.8) is 0 Å². The summed E-state index contributed by atoms with van der Waals surface area (Å²) in [6.45, 7) is 4.23. The van der Waals surface area contributed by atoms with Gasteiger partial charge >= 0.3 is 0 Å². The molecular weight excluding hydrogens is 274 g/mol. The van der Waals surface area contributed by atoms with Crippen molar-refractivity contribution in [1.82, 2.24) is 24.7 Å². The van der Waals surface area contributed by atoms with Crippen LogP contribution in [0.25, 0.3) is 11.5 Å². The quantitative estimate of drug-likeness (QED) is 0.750. The lowest BCUT2D eigenvalue weighted by Crippen LogP contribution is -2.03. The van der Waals surface area contributed by atoms with Crippen LogP contribution in [-0.4, -0.2) is 24.7 Å². The van der Waals surface area contributed by atoms with Gasteiger partial charge in [0, 0.05) is 6.20 Å². The number of hydrogen-bond acceptors (Lipinski definition) is 5. The molecular formula is C13H13N5OS. The summed E-state index contributed by atoms with van der Waals surface area (Å²) in [4.78, 5) is 8.65. The highest BCUT2D eigenvalue weighted by Gasteiger charge is 2.13. The van der Waals surface area contributed by atoms with Crippen LogP contribution in [0.3, 0.4) is 0 Å². The van der Waals surface area contributed by atoms with Crippen molar-refractivity contribution in [3.05, 3.63) is 46.5 Å². The smallest absolute Gasteiger partial charge is 0.214 e. The molecule has 0 fully saturated rings. The Labute approximate surface area is 120 Å². The number of aromatic nitrogens is 5. The van der Waals surface area contributed by atoms with E-state index < -0.39 is 0 Å². The lowest BCUT2D eigenvalue weighted by Gasteiger charge is -2.03. The average Bonchev–Trinajstić information content (AvgIpc) is 2.96. The molecule has 0 saturated carbocycles. The van der Waals surface area contributed by atoms with Crippen molar-refractivity contribution in [3.8, 4) is 11.5 Å². The van der Waals surface area contributed by atoms with Crippen LogP contribution >= 0.6 is 12.2 Å². The normalized spacial score (nSPS) is 10.9. The predicted octanol–water partition coefficient (Wildman–Crippen LogP) is 2.66. The Morgan fingerprint density at radius 1 is 1.35 bits per heavy atom. The zero-order valence-corrected chi connectivity index (χ0v) is 11.9. The van der Waals surface area contributed by atoms with E-state index in [9.17, 15) is 0 Å². The van der Waals surface area contributed by atoms with E-state index in [4.69, 9.17) is 16.6 Å². The van der Waals surface area contributed by atoms with Gasteiger partial charge < -0.3 is 4.42 Å². The third-order valence-electron chi connectivity index (χ3n) is 3.02. The minimum Gasteiger partial charge on any atom is -0.444 e. The first kappa shape index (κ1) is 12.7. The molecule has 0 spiro atoms. The van der Waals surface area contributed by atoms with E-state index in [0.717, 1.165) is 17.1 Å². The van der Waals surface area contributed by atoms with Crippen molar-refractivity contribution in [1.29, 1.82) is 0 Å². The molecule has 3 heterocycles. The zero-order chi connectivity index (χ0) is 14.1. The summed E-state index contributed by atoms with van der Waals surface area (Å²) in [5.74, 6) is 2.09. The van der Waals surface area contributed by atoms with Gasteiger partial charge in [0.05, 0.1) is 5.69 Å². The second-order valence-electron chi connectivity index (χ2n) is 4.40. The molecule has 0 aliphatic heterocycles. The number of nitrogens with zero attached hydrogens (tertiary/aromatic N) is 4. The Morgan fingerprint density at radius 3 is 2.85 bits per heavy atom. The molecule has 0 saturated heterocycles. The molecule has 3 aromatic rings. The van der Waals surface area contributed by atoms with E-state index in [-0.39, 0.29) is 0 Å². The van der Waals surface area contributed by atoms with Crippen LogP contribution in [0.4, 0.5) is 0 Å². The first-order valence-electron chi connectivity index (χ1n) is 6.14. The van der Waals surface area contributed by atoms with E-state index in [1.54, 1.807) is 6.20 Å². The minimum absolute atomic E-state index is 0.427. The Balaban J connectivity index is 2.02. The molecule has 0 unspecified atom stereocenters. The van der Waals surface area contributed by atoms with Crippen LogP contribution in [0.5, 0.6) is 0 Å². The summed E-state index contributed by atoms with van der Waals surface area (Å²) < 4.78 is 7.93. The van der Waals surface area contributed by atoms with Crippen LogP contribution in [0.2, 0.25) is 0 Å². The highest BCUT2D eigenvalue weighted by Crippen LogP contribution is 2.16. The van der Waals surface area contributed by atoms with Crippen molar-refractivity contribution in [2.75, 3.05) is 0 Å². The molecule has 20 heavy (non-hydrogen) atoms. The van der Waals surface area contributed by atoms with Crippen molar-refractivity contribution >= 4 is 12.2 Å². The molecule has 0 bridgehead atoms. The summed E-state index contributed by atoms with van der Waals surface area (Å²) in [5.41, 5.74) is 1.63. The fourth-order valence-electron chi connectivity index (χ4n) is 1.90. The van der Waals surface area contributed by atoms with Crippen molar-refractivity contribution < 1.29 is 4.42 Å². The first-order valence-corrected chi connectivity index (χ1v) is 6.55. The van der Waals surface area contributed by atoms with Gasteiger partial charge in [-0.1, -0.05) is 6.07 Å². The highest BCUT2D eigenvalue weighted by molar-refractivity contribution is 7.71. The van der Waals surface area contributed by atoms with E-state index in [0.29, 0.717) is 23.0 Å². The van der Waals surface area contributed by atoms with Crippen LogP contribution in [-0.2, 0) is 6.54 Å². The van der Waals surface area contributed by atoms with Gasteiger partial charge in [-0.3, -0.25) is 14.6 Å². The summed E-state index contributed by atoms with van der Waals surface area (Å²) in [5, 5.41) is 7.01. The molecule has 0 atom stereocenters. The monoisotopic (exact) mass is 287 g/mol. The van der Waals surface area contributed by atoms with Gasteiger partial charge in [0.2, 0.25) is 5.89 Å². The molecule has 102 valence electrons. The van der Waals surface area contributed by atoms with E-state index in [1.807, 2.05) is 36.6 Å². The van der Waals surface area contributed by atoms with Crippen molar-refractivity contribution in [2.45, 2.75) is 20.4 Å². The molecule has 3 aromatic heterocycles. The standard InChI is InChI=1S/C13H13N5OS/c1-8-9(2)19-11(15-8)7-18-12(16-17-13(18)20)10-5-3-4-6-14-10/h3-6H,7H2,1-2H3,(H,17,20). The average molecular weight is 287 g/mol. The summed E-state index contributed by atoms with van der Waals surface area (Å²) >= 11 is 5.26. The second kappa shape index (κ2) is 5.01. The van der Waals surface area contributed by atoms with Gasteiger partial charge in [-0.2, -0.15) is 5.10 Å². The summed E-state index contributed by atoms with van der Waals surface area (Å²) in [6.07, 6.45) is 1.72. The van der Waals surface area contributed by atoms with Gasteiger partial charge in [0.1, 0.15) is 18.0 Å². The first-order chi connectivity index (χ1) is 9.65. The molecule has 6 nitrogen and oxygen atoms in total. The topological polar surface area (TPSA) is 72.5 Å². The van der Waals surface area contributed by atoms with Gasteiger partial charge in [-0.05, 0) is 38.2 Å². The highest BCUT2D eigenvalue weighted by atomic mass is 32.1. The molecule has 1 N–H and O–H groups in total. The van der Waals surface area contributed by atoms with E-state index in [1.165, 1.54) is 0 Å². The third-order valence-corrected chi connectivity index (χ3v) is 3.33. The zero-order valence-electron chi connectivity index (χ0n) is 11.1. The van der Waals surface area contributed by atoms with Crippen LogP contribution < -0.4 is 0 Å². The molecule has 0 aliphatic rings. The Kier molecular flexibility index (Phi) is 3.19. The minimum atomic E-state index is 0.427. The van der Waals surface area contributed by atoms with Gasteiger partial charge in [0.25, 0.3) is 0 Å². The lowest BCUT2D eigenvalue weighted by atomic mass is 10.3. The lowest BCUT2D eigenvalue weighted by molar-refractivity contribution is 0.456. The van der Waals surface area contributed by atoms with E-state index >= 15 is 0 Å². The second-order valence-corrected chi connectivity index (χ2v) is 4.79. The molecule has 7 heteroatoms. The maximum atomic E-state index is 5.59. The summed E-state index contributed by atoms with van der Waals surface area (Å²) in [7, 11) is 0. The van der Waals surface area contributed by atoms with Gasteiger partial charge in [0.15, 0.2) is 10.6 Å². The van der Waals surface area contributed by atoms with Crippen molar-refractivity contribution in [2.24, 2.45) is 0 Å². The van der Waals surface area contributed by atoms with Crippen LogP contribution in [0.15, 0.2) is 28.8 Å². The number of oxazole rings is 1. The molecule has 0 amide bonds. The largest absolute Gasteiger partial charge is 0.444 e. The number of hydrogen-bond donors (Lipinski definition) is 1. The molecule has 3 rings (SSSR count). The Morgan fingerprint density at radius 2 is 2.20 bits per heavy atom. The maximum absolute atomic E-state index is 5.59. The Bertz CT molecular complexity index is 767. The van der Waals surface area contributed by atoms with Crippen LogP contribution in [0, 0.1) is 18.6 Å². The number of aromatic amines is 1. The maximum Gasteiger partial charge on any atom is 0.214 e. The SMILES string of the molecule is Cc1nc(Cn2c(-c3ccccn3)n[nH]c2=S)oc1C. The number of H-pyrrole nitrogens is 1. The summed E-state index contributed by atoms with van der Waals surface area (Å²) in [6, 6.07) is 5.65. The number of nitrogens with one attached hydrogen (secondary N) is 1. The number of aryl methyl sites for hydroxylation is 2.